The minimum Gasteiger partial charge on any atom is -0.346 e. The lowest BCUT2D eigenvalue weighted by Gasteiger charge is -2.13. The van der Waals surface area contributed by atoms with Gasteiger partial charge in [-0.25, -0.2) is 4.98 Å². The summed E-state index contributed by atoms with van der Waals surface area (Å²) in [5.74, 6) is -0.115. The SMILES string of the molecule is Cc1nc(/C=C/C(=O)NC(C)c2ccc3ccccc3c2)cs1. The lowest BCUT2D eigenvalue weighted by molar-refractivity contribution is -0.117. The number of hydrogen-bond donors (Lipinski definition) is 1. The topological polar surface area (TPSA) is 42.0 Å². The Hall–Kier alpha value is -2.46. The number of benzene rings is 2. The Balaban J connectivity index is 1.68. The highest BCUT2D eigenvalue weighted by Crippen LogP contribution is 2.20. The van der Waals surface area contributed by atoms with Crippen LogP contribution in [0, 0.1) is 6.92 Å². The Labute approximate surface area is 139 Å². The minimum absolute atomic E-state index is 0.0473. The fourth-order valence-corrected chi connectivity index (χ4v) is 3.02. The van der Waals surface area contributed by atoms with E-state index in [0.717, 1.165) is 16.3 Å². The Morgan fingerprint density at radius 3 is 2.74 bits per heavy atom. The van der Waals surface area contributed by atoms with Crippen LogP contribution in [0.5, 0.6) is 0 Å². The number of nitrogens with one attached hydrogen (secondary N) is 1. The molecule has 1 atom stereocenters. The monoisotopic (exact) mass is 322 g/mol. The predicted molar refractivity (Wildman–Crippen MR) is 96.4 cm³/mol. The van der Waals surface area contributed by atoms with Crippen molar-refractivity contribution in [1.29, 1.82) is 0 Å². The van der Waals surface area contributed by atoms with Gasteiger partial charge in [-0.2, -0.15) is 0 Å². The maximum absolute atomic E-state index is 12.0. The molecule has 116 valence electrons. The molecule has 0 bridgehead atoms. The summed E-state index contributed by atoms with van der Waals surface area (Å²) >= 11 is 1.57. The van der Waals surface area contributed by atoms with Gasteiger partial charge in [0.25, 0.3) is 0 Å². The summed E-state index contributed by atoms with van der Waals surface area (Å²) in [6, 6.07) is 14.4. The number of nitrogens with zero attached hydrogens (tertiary/aromatic N) is 1. The van der Waals surface area contributed by atoms with Crippen LogP contribution in [0.25, 0.3) is 16.8 Å². The Kier molecular flexibility index (Phi) is 4.53. The fourth-order valence-electron chi connectivity index (χ4n) is 2.44. The molecule has 1 heterocycles. The summed E-state index contributed by atoms with van der Waals surface area (Å²) in [6.07, 6.45) is 3.28. The molecule has 0 spiro atoms. The second-order valence-electron chi connectivity index (χ2n) is 5.46. The van der Waals surface area contributed by atoms with E-state index >= 15 is 0 Å². The summed E-state index contributed by atoms with van der Waals surface area (Å²) in [5.41, 5.74) is 1.91. The van der Waals surface area contributed by atoms with Gasteiger partial charge in [-0.3, -0.25) is 4.79 Å². The molecule has 0 saturated heterocycles. The predicted octanol–water partition coefficient (Wildman–Crippen LogP) is 4.50. The van der Waals surface area contributed by atoms with E-state index in [9.17, 15) is 4.79 Å². The van der Waals surface area contributed by atoms with Crippen molar-refractivity contribution in [2.75, 3.05) is 0 Å². The lowest BCUT2D eigenvalue weighted by atomic mass is 10.0. The van der Waals surface area contributed by atoms with Gasteiger partial charge in [0, 0.05) is 11.5 Å². The van der Waals surface area contributed by atoms with Crippen molar-refractivity contribution in [3.8, 4) is 0 Å². The van der Waals surface area contributed by atoms with E-state index in [4.69, 9.17) is 0 Å². The first kappa shape index (κ1) is 15.4. The molecule has 2 aromatic carbocycles. The third-order valence-electron chi connectivity index (χ3n) is 3.67. The molecule has 0 aliphatic carbocycles. The number of carbonyl (C=O) groups is 1. The molecule has 0 aliphatic rings. The van der Waals surface area contributed by atoms with Crippen LogP contribution < -0.4 is 5.32 Å². The van der Waals surface area contributed by atoms with Crippen molar-refractivity contribution in [2.45, 2.75) is 19.9 Å². The highest BCUT2D eigenvalue weighted by molar-refractivity contribution is 7.09. The molecule has 4 heteroatoms. The summed E-state index contributed by atoms with van der Waals surface area (Å²) in [5, 5.41) is 8.30. The van der Waals surface area contributed by atoms with Crippen LogP contribution in [0.2, 0.25) is 0 Å². The molecule has 0 aliphatic heterocycles. The van der Waals surface area contributed by atoms with Gasteiger partial charge < -0.3 is 5.32 Å². The Morgan fingerprint density at radius 1 is 1.22 bits per heavy atom. The molecule has 1 unspecified atom stereocenters. The quantitative estimate of drug-likeness (QED) is 0.719. The number of thiazole rings is 1. The van der Waals surface area contributed by atoms with Crippen molar-refractivity contribution in [2.24, 2.45) is 0 Å². The molecule has 3 aromatic rings. The van der Waals surface area contributed by atoms with Gasteiger partial charge in [-0.15, -0.1) is 11.3 Å². The van der Waals surface area contributed by atoms with Crippen LogP contribution in [0.4, 0.5) is 0 Å². The fraction of sp³-hybridized carbons (Fsp3) is 0.158. The zero-order valence-corrected chi connectivity index (χ0v) is 13.9. The number of rotatable bonds is 4. The summed E-state index contributed by atoms with van der Waals surface area (Å²) < 4.78 is 0. The molecule has 1 amide bonds. The largest absolute Gasteiger partial charge is 0.346 e. The molecule has 0 radical (unpaired) electrons. The molecule has 3 rings (SSSR count). The smallest absolute Gasteiger partial charge is 0.244 e. The van der Waals surface area contributed by atoms with Crippen molar-refractivity contribution >= 4 is 34.1 Å². The third-order valence-corrected chi connectivity index (χ3v) is 4.47. The first-order chi connectivity index (χ1) is 11.1. The van der Waals surface area contributed by atoms with E-state index in [1.54, 1.807) is 17.4 Å². The number of carbonyl (C=O) groups excluding carboxylic acids is 1. The van der Waals surface area contributed by atoms with E-state index in [0.29, 0.717) is 0 Å². The van der Waals surface area contributed by atoms with Crippen LogP contribution in [0.1, 0.15) is 29.2 Å². The number of fused-ring (bicyclic) bond motifs is 1. The minimum atomic E-state index is -0.115. The van der Waals surface area contributed by atoms with Crippen LogP contribution in [-0.2, 0) is 4.79 Å². The van der Waals surface area contributed by atoms with Crippen molar-refractivity contribution in [3.05, 3.63) is 70.2 Å². The number of amides is 1. The van der Waals surface area contributed by atoms with Crippen molar-refractivity contribution < 1.29 is 4.79 Å². The molecule has 3 nitrogen and oxygen atoms in total. The number of aryl methyl sites for hydroxylation is 1. The number of aromatic nitrogens is 1. The highest BCUT2D eigenvalue weighted by atomic mass is 32.1. The van der Waals surface area contributed by atoms with Gasteiger partial charge in [0.1, 0.15) is 0 Å². The summed E-state index contributed by atoms with van der Waals surface area (Å²) in [4.78, 5) is 16.4. The first-order valence-corrected chi connectivity index (χ1v) is 8.39. The van der Waals surface area contributed by atoms with Gasteiger partial charge >= 0.3 is 0 Å². The zero-order chi connectivity index (χ0) is 16.2. The van der Waals surface area contributed by atoms with E-state index < -0.39 is 0 Å². The van der Waals surface area contributed by atoms with Gasteiger partial charge in [0.2, 0.25) is 5.91 Å². The van der Waals surface area contributed by atoms with Crippen LogP contribution in [-0.4, -0.2) is 10.9 Å². The molecule has 0 saturated carbocycles. The maximum atomic E-state index is 12.0. The first-order valence-electron chi connectivity index (χ1n) is 7.51. The van der Waals surface area contributed by atoms with Gasteiger partial charge in [-0.05, 0) is 42.3 Å². The van der Waals surface area contributed by atoms with Gasteiger partial charge in [0.15, 0.2) is 0 Å². The van der Waals surface area contributed by atoms with E-state index in [2.05, 4.69) is 40.6 Å². The van der Waals surface area contributed by atoms with Crippen LogP contribution in [0.3, 0.4) is 0 Å². The maximum Gasteiger partial charge on any atom is 0.244 e. The van der Waals surface area contributed by atoms with E-state index in [-0.39, 0.29) is 11.9 Å². The second kappa shape index (κ2) is 6.75. The third kappa shape index (κ3) is 3.85. The Morgan fingerprint density at radius 2 is 2.00 bits per heavy atom. The standard InChI is InChI=1S/C19H18N2OS/c1-13(16-8-7-15-5-3-4-6-17(15)11-16)20-19(22)10-9-18-12-23-14(2)21-18/h3-13H,1-2H3,(H,20,22)/b10-9+. The lowest BCUT2D eigenvalue weighted by Crippen LogP contribution is -2.24. The molecule has 1 N–H and O–H groups in total. The average molecular weight is 322 g/mol. The van der Waals surface area contributed by atoms with E-state index in [1.807, 2.05) is 31.4 Å². The Bertz CT molecular complexity index is 866. The summed E-state index contributed by atoms with van der Waals surface area (Å²) in [7, 11) is 0. The van der Waals surface area contributed by atoms with Gasteiger partial charge in [0.05, 0.1) is 16.7 Å². The van der Waals surface area contributed by atoms with Crippen LogP contribution >= 0.6 is 11.3 Å². The molecular formula is C19H18N2OS. The molecule has 23 heavy (non-hydrogen) atoms. The average Bonchev–Trinajstić information content (AvgIpc) is 2.98. The van der Waals surface area contributed by atoms with Crippen molar-refractivity contribution in [1.82, 2.24) is 10.3 Å². The highest BCUT2D eigenvalue weighted by Gasteiger charge is 2.08. The molecule has 0 fully saturated rings. The number of hydrogen-bond acceptors (Lipinski definition) is 3. The zero-order valence-electron chi connectivity index (χ0n) is 13.1. The normalized spacial score (nSPS) is 12.6. The second-order valence-corrected chi connectivity index (χ2v) is 6.52. The van der Waals surface area contributed by atoms with Crippen LogP contribution in [0.15, 0.2) is 53.9 Å². The van der Waals surface area contributed by atoms with E-state index in [1.165, 1.54) is 16.8 Å². The molecular weight excluding hydrogens is 304 g/mol. The van der Waals surface area contributed by atoms with Gasteiger partial charge in [-0.1, -0.05) is 36.4 Å². The van der Waals surface area contributed by atoms with Crippen molar-refractivity contribution in [3.63, 3.8) is 0 Å². The molecule has 1 aromatic heterocycles. The summed E-state index contributed by atoms with van der Waals surface area (Å²) in [6.45, 7) is 3.94.